The number of hydrogen-bond donors (Lipinski definition) is 0. The first-order valence-corrected chi connectivity index (χ1v) is 5.02. The normalized spacial score (nSPS) is 12.6. The van der Waals surface area contributed by atoms with Gasteiger partial charge in [0.15, 0.2) is 5.78 Å². The van der Waals surface area contributed by atoms with E-state index in [0.717, 1.165) is 18.2 Å². The molecule has 1 unspecified atom stereocenters. The van der Waals surface area contributed by atoms with Crippen LogP contribution in [0.5, 0.6) is 0 Å². The van der Waals surface area contributed by atoms with E-state index in [1.54, 1.807) is 0 Å². The van der Waals surface area contributed by atoms with Gasteiger partial charge in [0.25, 0.3) is 0 Å². The molecule has 0 saturated heterocycles. The number of halogens is 3. The number of carbonyl (C=O) groups excluding carboxylic acids is 2. The number of rotatable bonds is 4. The number of carbonyl (C=O) groups is 2. The summed E-state index contributed by atoms with van der Waals surface area (Å²) in [5.74, 6) is -5.52. The molecule has 1 aromatic carbocycles. The molecule has 0 aliphatic heterocycles. The van der Waals surface area contributed by atoms with E-state index in [-0.39, 0.29) is 0 Å². The summed E-state index contributed by atoms with van der Waals surface area (Å²) in [5, 5.41) is 0. The monoisotopic (exact) mass is 244 g/mol. The quantitative estimate of drug-likeness (QED) is 0.602. The highest BCUT2D eigenvalue weighted by Crippen LogP contribution is 2.17. The van der Waals surface area contributed by atoms with Crippen LogP contribution in [0.3, 0.4) is 0 Å². The molecule has 0 heterocycles. The predicted octanol–water partition coefficient (Wildman–Crippen LogP) is 2.71. The van der Waals surface area contributed by atoms with Crippen molar-refractivity contribution in [2.75, 3.05) is 0 Å². The molecule has 0 spiro atoms. The van der Waals surface area contributed by atoms with E-state index in [2.05, 4.69) is 0 Å². The zero-order valence-electron chi connectivity index (χ0n) is 9.34. The summed E-state index contributed by atoms with van der Waals surface area (Å²) in [5.41, 5.74) is -1.01. The Morgan fingerprint density at radius 1 is 1.12 bits per heavy atom. The van der Waals surface area contributed by atoms with Gasteiger partial charge in [-0.1, -0.05) is 19.9 Å². The van der Waals surface area contributed by atoms with Gasteiger partial charge in [0.2, 0.25) is 12.0 Å². The van der Waals surface area contributed by atoms with Crippen molar-refractivity contribution in [2.24, 2.45) is 5.92 Å². The van der Waals surface area contributed by atoms with Crippen molar-refractivity contribution in [2.45, 2.75) is 20.0 Å². The Morgan fingerprint density at radius 3 is 2.00 bits per heavy atom. The van der Waals surface area contributed by atoms with Crippen LogP contribution in [0.4, 0.5) is 13.2 Å². The fourth-order valence-corrected chi connectivity index (χ4v) is 1.28. The molecule has 1 atom stereocenters. The lowest BCUT2D eigenvalue weighted by molar-refractivity contribution is -0.125. The van der Waals surface area contributed by atoms with Gasteiger partial charge in [-0.3, -0.25) is 9.59 Å². The SMILES string of the molecule is CC(C)C(=O)C(F)C(=O)c1c(F)cccc1F. The summed E-state index contributed by atoms with van der Waals surface area (Å²) >= 11 is 0. The van der Waals surface area contributed by atoms with Crippen LogP contribution >= 0.6 is 0 Å². The van der Waals surface area contributed by atoms with Crippen LogP contribution in [0, 0.1) is 17.6 Å². The van der Waals surface area contributed by atoms with Crippen LogP contribution in [0.25, 0.3) is 0 Å². The van der Waals surface area contributed by atoms with Gasteiger partial charge in [-0.2, -0.15) is 0 Å². The zero-order chi connectivity index (χ0) is 13.2. The molecule has 0 fully saturated rings. The maximum atomic E-state index is 13.5. The third-order valence-corrected chi connectivity index (χ3v) is 2.26. The first kappa shape index (κ1) is 13.4. The van der Waals surface area contributed by atoms with Crippen LogP contribution < -0.4 is 0 Å². The number of alkyl halides is 1. The van der Waals surface area contributed by atoms with Gasteiger partial charge in [-0.05, 0) is 12.1 Å². The van der Waals surface area contributed by atoms with Crippen molar-refractivity contribution in [3.8, 4) is 0 Å². The zero-order valence-corrected chi connectivity index (χ0v) is 9.34. The van der Waals surface area contributed by atoms with Crippen molar-refractivity contribution < 1.29 is 22.8 Å². The number of benzene rings is 1. The highest BCUT2D eigenvalue weighted by molar-refractivity contribution is 6.13. The smallest absolute Gasteiger partial charge is 0.221 e. The van der Waals surface area contributed by atoms with E-state index >= 15 is 0 Å². The van der Waals surface area contributed by atoms with E-state index in [4.69, 9.17) is 0 Å². The molecule has 0 bridgehead atoms. The fraction of sp³-hybridized carbons (Fsp3) is 0.333. The lowest BCUT2D eigenvalue weighted by Gasteiger charge is -2.10. The standard InChI is InChI=1S/C12H11F3O2/c1-6(2)11(16)10(15)12(17)9-7(13)4-3-5-8(9)14/h3-6,10H,1-2H3. The molecule has 0 aromatic heterocycles. The summed E-state index contributed by atoms with van der Waals surface area (Å²) < 4.78 is 39.8. The second-order valence-corrected chi connectivity index (χ2v) is 3.88. The van der Waals surface area contributed by atoms with Crippen LogP contribution in [-0.4, -0.2) is 17.7 Å². The van der Waals surface area contributed by atoms with Crippen molar-refractivity contribution in [3.63, 3.8) is 0 Å². The lowest BCUT2D eigenvalue weighted by Crippen LogP contribution is -2.30. The van der Waals surface area contributed by atoms with E-state index in [1.165, 1.54) is 13.8 Å². The summed E-state index contributed by atoms with van der Waals surface area (Å²) in [6.07, 6.45) is -2.53. The second-order valence-electron chi connectivity index (χ2n) is 3.88. The molecule has 92 valence electrons. The first-order chi connectivity index (χ1) is 7.86. The van der Waals surface area contributed by atoms with Gasteiger partial charge >= 0.3 is 0 Å². The molecule has 1 aromatic rings. The third-order valence-electron chi connectivity index (χ3n) is 2.26. The highest BCUT2D eigenvalue weighted by Gasteiger charge is 2.32. The Bertz CT molecular complexity index is 435. The minimum Gasteiger partial charge on any atom is -0.296 e. The summed E-state index contributed by atoms with van der Waals surface area (Å²) in [4.78, 5) is 22.7. The molecule has 0 amide bonds. The Morgan fingerprint density at radius 2 is 1.59 bits per heavy atom. The third kappa shape index (κ3) is 2.72. The molecule has 1 rings (SSSR count). The second kappa shape index (κ2) is 5.12. The van der Waals surface area contributed by atoms with Gasteiger partial charge in [-0.25, -0.2) is 13.2 Å². The summed E-state index contributed by atoms with van der Waals surface area (Å²) in [6, 6.07) is 2.73. The molecule has 0 aliphatic carbocycles. The number of ketones is 2. The molecule has 0 saturated carbocycles. The number of Topliss-reactive ketones (excluding diaryl/α,β-unsaturated/α-hetero) is 2. The Hall–Kier alpha value is -1.65. The average Bonchev–Trinajstić information content (AvgIpc) is 2.26. The molecule has 5 heteroatoms. The summed E-state index contributed by atoms with van der Waals surface area (Å²) in [6.45, 7) is 2.81. The van der Waals surface area contributed by atoms with Gasteiger partial charge in [0, 0.05) is 5.92 Å². The Labute approximate surface area is 96.4 Å². The minimum atomic E-state index is -2.53. The van der Waals surface area contributed by atoms with E-state index in [9.17, 15) is 22.8 Å². The van der Waals surface area contributed by atoms with E-state index in [0.29, 0.717) is 0 Å². The van der Waals surface area contributed by atoms with Crippen molar-refractivity contribution >= 4 is 11.6 Å². The molecular formula is C12H11F3O2. The highest BCUT2D eigenvalue weighted by atomic mass is 19.1. The molecule has 17 heavy (non-hydrogen) atoms. The van der Waals surface area contributed by atoms with Crippen molar-refractivity contribution in [1.82, 2.24) is 0 Å². The van der Waals surface area contributed by atoms with Gasteiger partial charge < -0.3 is 0 Å². The molecule has 0 radical (unpaired) electrons. The molecule has 2 nitrogen and oxygen atoms in total. The Kier molecular flexibility index (Phi) is 4.04. The maximum absolute atomic E-state index is 13.5. The van der Waals surface area contributed by atoms with Crippen LogP contribution in [0.15, 0.2) is 18.2 Å². The van der Waals surface area contributed by atoms with E-state index in [1.807, 2.05) is 0 Å². The average molecular weight is 244 g/mol. The largest absolute Gasteiger partial charge is 0.296 e. The topological polar surface area (TPSA) is 34.1 Å². The first-order valence-electron chi connectivity index (χ1n) is 5.02. The molecule has 0 aliphatic rings. The van der Waals surface area contributed by atoms with Crippen LogP contribution in [0.2, 0.25) is 0 Å². The van der Waals surface area contributed by atoms with Crippen molar-refractivity contribution in [1.29, 1.82) is 0 Å². The van der Waals surface area contributed by atoms with Crippen LogP contribution in [0.1, 0.15) is 24.2 Å². The van der Waals surface area contributed by atoms with Gasteiger partial charge in [0.05, 0.1) is 5.56 Å². The summed E-state index contributed by atoms with van der Waals surface area (Å²) in [7, 11) is 0. The van der Waals surface area contributed by atoms with E-state index < -0.39 is 40.9 Å². The predicted molar refractivity (Wildman–Crippen MR) is 55.4 cm³/mol. The molecular weight excluding hydrogens is 233 g/mol. The van der Waals surface area contributed by atoms with Crippen molar-refractivity contribution in [3.05, 3.63) is 35.4 Å². The fourth-order valence-electron chi connectivity index (χ4n) is 1.28. The Balaban J connectivity index is 3.09. The molecule has 0 N–H and O–H groups in total. The lowest BCUT2D eigenvalue weighted by atomic mass is 9.97. The van der Waals surface area contributed by atoms with Crippen LogP contribution in [-0.2, 0) is 4.79 Å². The van der Waals surface area contributed by atoms with Gasteiger partial charge in [0.1, 0.15) is 11.6 Å². The maximum Gasteiger partial charge on any atom is 0.221 e. The van der Waals surface area contributed by atoms with Gasteiger partial charge in [-0.15, -0.1) is 0 Å². The minimum absolute atomic E-state index is 0.719. The number of hydrogen-bond acceptors (Lipinski definition) is 2.